The summed E-state index contributed by atoms with van der Waals surface area (Å²) in [6.45, 7) is 8.84. The summed E-state index contributed by atoms with van der Waals surface area (Å²) in [4.78, 5) is 33.2. The summed E-state index contributed by atoms with van der Waals surface area (Å²) in [6, 6.07) is 3.66. The average Bonchev–Trinajstić information content (AvgIpc) is 2.78. The van der Waals surface area contributed by atoms with Crippen LogP contribution in [0.2, 0.25) is 0 Å². The van der Waals surface area contributed by atoms with E-state index in [2.05, 4.69) is 36.0 Å². The van der Waals surface area contributed by atoms with Gasteiger partial charge in [0.25, 0.3) is 11.5 Å². The molecular formula is C24H34N4O4. The van der Waals surface area contributed by atoms with Crippen LogP contribution < -0.4 is 10.9 Å². The fourth-order valence-electron chi connectivity index (χ4n) is 4.88. The number of aromatic nitrogens is 2. The molecule has 0 bridgehead atoms. The van der Waals surface area contributed by atoms with Crippen LogP contribution in [0.25, 0.3) is 11.0 Å². The van der Waals surface area contributed by atoms with Crippen molar-refractivity contribution in [3.63, 3.8) is 0 Å². The highest BCUT2D eigenvalue weighted by Gasteiger charge is 2.28. The van der Waals surface area contributed by atoms with E-state index in [0.29, 0.717) is 36.6 Å². The Hall–Kier alpha value is -2.45. The first-order valence-corrected chi connectivity index (χ1v) is 11.7. The molecule has 32 heavy (non-hydrogen) atoms. The number of rotatable bonds is 5. The highest BCUT2D eigenvalue weighted by molar-refractivity contribution is 6.01. The zero-order valence-electron chi connectivity index (χ0n) is 19.2. The number of morpholine rings is 1. The minimum Gasteiger partial charge on any atom is -0.506 e. The van der Waals surface area contributed by atoms with Gasteiger partial charge >= 0.3 is 0 Å². The van der Waals surface area contributed by atoms with Crippen molar-refractivity contribution in [2.45, 2.75) is 71.2 Å². The molecule has 2 aliphatic rings. The number of amides is 1. The summed E-state index contributed by atoms with van der Waals surface area (Å²) in [5.74, 6) is -0.130. The van der Waals surface area contributed by atoms with Crippen molar-refractivity contribution in [1.82, 2.24) is 19.8 Å². The summed E-state index contributed by atoms with van der Waals surface area (Å²) in [5, 5.41) is 14.3. The van der Waals surface area contributed by atoms with Crippen LogP contribution in [0.4, 0.5) is 0 Å². The minimum atomic E-state index is -0.500. The Bertz CT molecular complexity index is 1030. The van der Waals surface area contributed by atoms with E-state index in [1.807, 2.05) is 0 Å². The lowest BCUT2D eigenvalue weighted by Gasteiger charge is -2.37. The predicted octanol–water partition coefficient (Wildman–Crippen LogP) is 2.52. The summed E-state index contributed by atoms with van der Waals surface area (Å²) in [6.07, 6.45) is 5.61. The number of ether oxygens (including phenoxy) is 1. The molecule has 0 spiro atoms. The Morgan fingerprint density at radius 3 is 2.72 bits per heavy atom. The van der Waals surface area contributed by atoms with Gasteiger partial charge in [-0.15, -0.1) is 0 Å². The SMILES string of the molecule is C[C@@H]1[C@@H](C)OCCN1CCn1c(=O)c(C(=O)N[C@H]2CC[C@@H](C)CC2)c(O)c2cccnc21. The van der Waals surface area contributed by atoms with Gasteiger partial charge in [0, 0.05) is 37.9 Å². The molecule has 2 aromatic heterocycles. The quantitative estimate of drug-likeness (QED) is 0.739. The summed E-state index contributed by atoms with van der Waals surface area (Å²) in [5.41, 5.74) is -0.288. The Kier molecular flexibility index (Phi) is 6.81. The van der Waals surface area contributed by atoms with Gasteiger partial charge < -0.3 is 15.2 Å². The monoisotopic (exact) mass is 442 g/mol. The number of pyridine rings is 2. The van der Waals surface area contributed by atoms with Crippen LogP contribution in [-0.4, -0.2) is 63.3 Å². The van der Waals surface area contributed by atoms with Crippen LogP contribution >= 0.6 is 0 Å². The third-order valence-corrected chi connectivity index (χ3v) is 7.20. The number of nitrogens with zero attached hydrogens (tertiary/aromatic N) is 3. The van der Waals surface area contributed by atoms with E-state index in [1.165, 1.54) is 4.57 Å². The van der Waals surface area contributed by atoms with Gasteiger partial charge in [0.15, 0.2) is 0 Å². The van der Waals surface area contributed by atoms with Gasteiger partial charge in [-0.3, -0.25) is 19.1 Å². The van der Waals surface area contributed by atoms with Gasteiger partial charge in [-0.2, -0.15) is 0 Å². The predicted molar refractivity (Wildman–Crippen MR) is 123 cm³/mol. The van der Waals surface area contributed by atoms with Crippen LogP contribution in [0.1, 0.15) is 56.8 Å². The Balaban J connectivity index is 1.63. The third-order valence-electron chi connectivity index (χ3n) is 7.20. The number of carbonyl (C=O) groups excluding carboxylic acids is 1. The first-order valence-electron chi connectivity index (χ1n) is 11.7. The Labute approximate surface area is 188 Å². The number of nitrogens with one attached hydrogen (secondary N) is 1. The Morgan fingerprint density at radius 1 is 1.22 bits per heavy atom. The first kappa shape index (κ1) is 22.7. The molecule has 2 atom stereocenters. The smallest absolute Gasteiger partial charge is 0.268 e. The molecule has 1 aliphatic carbocycles. The molecular weight excluding hydrogens is 408 g/mol. The van der Waals surface area contributed by atoms with E-state index in [0.717, 1.165) is 32.2 Å². The maximum absolute atomic E-state index is 13.4. The summed E-state index contributed by atoms with van der Waals surface area (Å²) in [7, 11) is 0. The van der Waals surface area contributed by atoms with Crippen molar-refractivity contribution >= 4 is 16.9 Å². The topological polar surface area (TPSA) is 96.7 Å². The van der Waals surface area contributed by atoms with Crippen LogP contribution in [0.5, 0.6) is 5.75 Å². The van der Waals surface area contributed by atoms with E-state index in [4.69, 9.17) is 4.74 Å². The van der Waals surface area contributed by atoms with Crippen molar-refractivity contribution in [1.29, 1.82) is 0 Å². The molecule has 4 rings (SSSR count). The second-order valence-electron chi connectivity index (χ2n) is 9.34. The Morgan fingerprint density at radius 2 is 1.97 bits per heavy atom. The zero-order valence-corrected chi connectivity index (χ0v) is 19.2. The number of hydrogen-bond donors (Lipinski definition) is 2. The molecule has 1 amide bonds. The van der Waals surface area contributed by atoms with Gasteiger partial charge in [0.1, 0.15) is 17.0 Å². The zero-order chi connectivity index (χ0) is 22.8. The highest BCUT2D eigenvalue weighted by atomic mass is 16.5. The number of fused-ring (bicyclic) bond motifs is 1. The van der Waals surface area contributed by atoms with Gasteiger partial charge in [0.05, 0.1) is 18.1 Å². The summed E-state index contributed by atoms with van der Waals surface area (Å²) < 4.78 is 7.23. The molecule has 1 aliphatic heterocycles. The van der Waals surface area contributed by atoms with Crippen LogP contribution in [0.15, 0.2) is 23.1 Å². The number of carbonyl (C=O) groups is 1. The van der Waals surface area contributed by atoms with E-state index in [-0.39, 0.29) is 29.5 Å². The molecule has 2 N–H and O–H groups in total. The maximum atomic E-state index is 13.4. The van der Waals surface area contributed by atoms with Crippen molar-refractivity contribution in [3.8, 4) is 5.75 Å². The molecule has 3 heterocycles. The van der Waals surface area contributed by atoms with Crippen LogP contribution in [0, 0.1) is 5.92 Å². The number of hydrogen-bond acceptors (Lipinski definition) is 6. The van der Waals surface area contributed by atoms with Crippen LogP contribution in [0.3, 0.4) is 0 Å². The van der Waals surface area contributed by atoms with E-state index in [1.54, 1.807) is 18.3 Å². The lowest BCUT2D eigenvalue weighted by molar-refractivity contribution is -0.0559. The second kappa shape index (κ2) is 9.58. The van der Waals surface area contributed by atoms with E-state index in [9.17, 15) is 14.7 Å². The number of aromatic hydroxyl groups is 1. The van der Waals surface area contributed by atoms with Crippen LogP contribution in [-0.2, 0) is 11.3 Å². The molecule has 0 aromatic carbocycles. The third kappa shape index (κ3) is 4.52. The molecule has 8 heteroatoms. The largest absolute Gasteiger partial charge is 0.506 e. The van der Waals surface area contributed by atoms with Gasteiger partial charge in [-0.05, 0) is 57.6 Å². The lowest BCUT2D eigenvalue weighted by atomic mass is 9.87. The minimum absolute atomic E-state index is 0.0335. The van der Waals surface area contributed by atoms with Gasteiger partial charge in [-0.1, -0.05) is 6.92 Å². The normalized spacial score (nSPS) is 26.8. The molecule has 1 saturated heterocycles. The van der Waals surface area contributed by atoms with Gasteiger partial charge in [0.2, 0.25) is 0 Å². The molecule has 0 radical (unpaired) electrons. The molecule has 0 unspecified atom stereocenters. The maximum Gasteiger partial charge on any atom is 0.268 e. The lowest BCUT2D eigenvalue weighted by Crippen LogP contribution is -2.50. The second-order valence-corrected chi connectivity index (χ2v) is 9.34. The molecule has 1 saturated carbocycles. The molecule has 2 fully saturated rings. The fraction of sp³-hybridized carbons (Fsp3) is 0.625. The molecule has 8 nitrogen and oxygen atoms in total. The van der Waals surface area contributed by atoms with Gasteiger partial charge in [-0.25, -0.2) is 4.98 Å². The van der Waals surface area contributed by atoms with Crippen molar-refractivity contribution < 1.29 is 14.6 Å². The van der Waals surface area contributed by atoms with E-state index >= 15 is 0 Å². The average molecular weight is 443 g/mol. The fourth-order valence-corrected chi connectivity index (χ4v) is 4.88. The van der Waals surface area contributed by atoms with Crippen molar-refractivity contribution in [2.75, 3.05) is 19.7 Å². The van der Waals surface area contributed by atoms with Crippen molar-refractivity contribution in [3.05, 3.63) is 34.2 Å². The van der Waals surface area contributed by atoms with E-state index < -0.39 is 11.5 Å². The van der Waals surface area contributed by atoms with Crippen molar-refractivity contribution in [2.24, 2.45) is 5.92 Å². The molecule has 174 valence electrons. The first-order chi connectivity index (χ1) is 15.4. The molecule has 2 aromatic rings. The summed E-state index contributed by atoms with van der Waals surface area (Å²) >= 11 is 0. The standard InChI is InChI=1S/C24H34N4O4/c1-15-6-8-18(9-7-15)26-23(30)20-21(29)19-5-4-10-25-22(19)28(24(20)31)12-11-27-13-14-32-17(3)16(27)2/h4-5,10,15-18,29H,6-9,11-14H2,1-3H3,(H,26,30)/t15-,16-,17-,18+/m1/s1. The highest BCUT2D eigenvalue weighted by Crippen LogP contribution is 2.27.